The number of carbonyl (C=O) groups is 2. The summed E-state index contributed by atoms with van der Waals surface area (Å²) in [6, 6.07) is -0.600. The lowest BCUT2D eigenvalue weighted by molar-refractivity contribution is -0.334. The van der Waals surface area contributed by atoms with Crippen LogP contribution in [-0.4, -0.2) is 66.8 Å². The highest BCUT2D eigenvalue weighted by molar-refractivity contribution is 5.90. The van der Waals surface area contributed by atoms with Gasteiger partial charge in [0.1, 0.15) is 24.4 Å². The number of carbonyl (C=O) groups excluding carboxylic acids is 2. The molecule has 5 atom stereocenters. The van der Waals surface area contributed by atoms with Crippen LogP contribution in [0.5, 0.6) is 0 Å². The predicted octanol–water partition coefficient (Wildman–Crippen LogP) is 0.489. The molecule has 2 saturated heterocycles. The van der Waals surface area contributed by atoms with Crippen LogP contribution in [0.15, 0.2) is 12.2 Å². The zero-order valence-electron chi connectivity index (χ0n) is 16.9. The van der Waals surface area contributed by atoms with E-state index < -0.39 is 42.2 Å². The third-order valence-corrected chi connectivity index (χ3v) is 4.47. The Bertz CT molecular complexity index is 583. The highest BCUT2D eigenvalue weighted by atomic mass is 16.7. The summed E-state index contributed by atoms with van der Waals surface area (Å²) in [4.78, 5) is 24.4. The number of aliphatic hydroxyl groups excluding tert-OH is 1. The largest absolute Gasteiger partial charge is 0.387 e. The van der Waals surface area contributed by atoms with E-state index >= 15 is 0 Å². The second-order valence-electron chi connectivity index (χ2n) is 8.58. The van der Waals surface area contributed by atoms with Crippen molar-refractivity contribution in [3.05, 3.63) is 12.2 Å². The maximum Gasteiger partial charge on any atom is 0.252 e. The number of nitrogens with one attached hydrogen (secondary N) is 2. The Kier molecular flexibility index (Phi) is 6.68. The molecule has 0 saturated carbocycles. The summed E-state index contributed by atoms with van der Waals surface area (Å²) in [6.45, 7) is 10.1. The molecule has 154 valence electrons. The van der Waals surface area contributed by atoms with Crippen molar-refractivity contribution < 1.29 is 28.9 Å². The average molecular weight is 384 g/mol. The molecule has 0 spiro atoms. The molecule has 8 heteroatoms. The SMILES string of the molecule is CO[C@@H](C(=O)NC1CCNC1=O)[C@@H]1OC(C)(C)O[C@H](C=CC(C)(C)C)[C@@H]1O. The summed E-state index contributed by atoms with van der Waals surface area (Å²) in [5.41, 5.74) is -0.0884. The first-order valence-electron chi connectivity index (χ1n) is 9.27. The normalized spacial score (nSPS) is 32.3. The Morgan fingerprint density at radius 2 is 2.07 bits per heavy atom. The molecule has 0 aromatic carbocycles. The first-order valence-corrected chi connectivity index (χ1v) is 9.27. The summed E-state index contributed by atoms with van der Waals surface area (Å²) in [6.07, 6.45) is 0.463. The van der Waals surface area contributed by atoms with Gasteiger partial charge in [0.2, 0.25) is 5.91 Å². The lowest BCUT2D eigenvalue weighted by atomic mass is 9.93. The molecule has 27 heavy (non-hydrogen) atoms. The van der Waals surface area contributed by atoms with E-state index in [1.807, 2.05) is 26.8 Å². The number of ether oxygens (including phenoxy) is 3. The van der Waals surface area contributed by atoms with Crippen LogP contribution in [-0.2, 0) is 23.8 Å². The van der Waals surface area contributed by atoms with Gasteiger partial charge in [0, 0.05) is 13.7 Å². The summed E-state index contributed by atoms with van der Waals surface area (Å²) in [7, 11) is 1.37. The highest BCUT2D eigenvalue weighted by Crippen LogP contribution is 2.31. The molecule has 2 aliphatic rings. The lowest BCUT2D eigenvalue weighted by Gasteiger charge is -2.45. The number of aliphatic hydroxyl groups is 1. The molecule has 8 nitrogen and oxygen atoms in total. The van der Waals surface area contributed by atoms with Crippen LogP contribution in [0.4, 0.5) is 0 Å². The molecule has 0 aliphatic carbocycles. The summed E-state index contributed by atoms with van der Waals surface area (Å²) in [5.74, 6) is -1.74. The van der Waals surface area contributed by atoms with Gasteiger partial charge in [-0.2, -0.15) is 0 Å². The van der Waals surface area contributed by atoms with E-state index in [4.69, 9.17) is 14.2 Å². The smallest absolute Gasteiger partial charge is 0.252 e. The van der Waals surface area contributed by atoms with Gasteiger partial charge in [0.25, 0.3) is 5.91 Å². The minimum atomic E-state index is -1.11. The van der Waals surface area contributed by atoms with Crippen molar-refractivity contribution in [1.29, 1.82) is 0 Å². The third-order valence-electron chi connectivity index (χ3n) is 4.47. The Morgan fingerprint density at radius 3 is 2.59 bits per heavy atom. The number of methoxy groups -OCH3 is 1. The van der Waals surface area contributed by atoms with E-state index in [1.165, 1.54) is 7.11 Å². The molecule has 2 heterocycles. The van der Waals surface area contributed by atoms with Gasteiger partial charge in [-0.1, -0.05) is 32.9 Å². The first kappa shape index (κ1) is 21.8. The van der Waals surface area contributed by atoms with Crippen molar-refractivity contribution >= 4 is 11.8 Å². The van der Waals surface area contributed by atoms with E-state index in [0.29, 0.717) is 13.0 Å². The van der Waals surface area contributed by atoms with Gasteiger partial charge in [-0.15, -0.1) is 0 Å². The highest BCUT2D eigenvalue weighted by Gasteiger charge is 2.48. The van der Waals surface area contributed by atoms with Gasteiger partial charge >= 0.3 is 0 Å². The maximum absolute atomic E-state index is 12.7. The van der Waals surface area contributed by atoms with E-state index in [0.717, 1.165) is 0 Å². The molecule has 3 N–H and O–H groups in total. The van der Waals surface area contributed by atoms with Crippen LogP contribution in [0, 0.1) is 5.41 Å². The fraction of sp³-hybridized carbons (Fsp3) is 0.789. The Hall–Kier alpha value is -1.48. The third kappa shape index (κ3) is 5.75. The zero-order chi connectivity index (χ0) is 20.4. The molecule has 0 bridgehead atoms. The van der Waals surface area contributed by atoms with Gasteiger partial charge in [-0.25, -0.2) is 0 Å². The summed E-state index contributed by atoms with van der Waals surface area (Å²) >= 11 is 0. The lowest BCUT2D eigenvalue weighted by Crippen LogP contribution is -2.61. The van der Waals surface area contributed by atoms with E-state index in [1.54, 1.807) is 19.9 Å². The number of amides is 2. The monoisotopic (exact) mass is 384 g/mol. The Morgan fingerprint density at radius 1 is 1.41 bits per heavy atom. The number of hydrogen-bond donors (Lipinski definition) is 3. The van der Waals surface area contributed by atoms with Crippen LogP contribution < -0.4 is 10.6 Å². The van der Waals surface area contributed by atoms with Gasteiger partial charge in [0.05, 0.1) is 0 Å². The van der Waals surface area contributed by atoms with Gasteiger partial charge in [-0.3, -0.25) is 9.59 Å². The predicted molar refractivity (Wildman–Crippen MR) is 98.8 cm³/mol. The number of allylic oxidation sites excluding steroid dienone is 1. The first-order chi connectivity index (χ1) is 12.4. The second kappa shape index (κ2) is 8.26. The molecule has 0 aromatic heterocycles. The van der Waals surface area contributed by atoms with Gasteiger partial charge in [-0.05, 0) is 25.7 Å². The maximum atomic E-state index is 12.7. The van der Waals surface area contributed by atoms with Crippen molar-refractivity contribution in [2.24, 2.45) is 5.41 Å². The fourth-order valence-electron chi connectivity index (χ4n) is 3.16. The fourth-order valence-corrected chi connectivity index (χ4v) is 3.16. The zero-order valence-corrected chi connectivity index (χ0v) is 16.9. The molecule has 2 amide bonds. The molecule has 2 aliphatic heterocycles. The minimum Gasteiger partial charge on any atom is -0.387 e. The van der Waals surface area contributed by atoms with Crippen molar-refractivity contribution in [3.8, 4) is 0 Å². The number of hydrogen-bond acceptors (Lipinski definition) is 6. The van der Waals surface area contributed by atoms with Crippen LogP contribution in [0.1, 0.15) is 41.0 Å². The van der Waals surface area contributed by atoms with Crippen molar-refractivity contribution in [2.75, 3.05) is 13.7 Å². The molecular formula is C19H32N2O6. The van der Waals surface area contributed by atoms with E-state index in [2.05, 4.69) is 10.6 Å². The molecule has 2 rings (SSSR count). The van der Waals surface area contributed by atoms with Gasteiger partial charge in [0.15, 0.2) is 11.9 Å². The number of rotatable bonds is 5. The van der Waals surface area contributed by atoms with Crippen LogP contribution in [0.3, 0.4) is 0 Å². The van der Waals surface area contributed by atoms with Crippen LogP contribution in [0.25, 0.3) is 0 Å². The van der Waals surface area contributed by atoms with Gasteiger partial charge < -0.3 is 30.0 Å². The average Bonchev–Trinajstić information content (AvgIpc) is 2.93. The molecule has 1 unspecified atom stereocenters. The summed E-state index contributed by atoms with van der Waals surface area (Å²) in [5, 5.41) is 16.1. The second-order valence-corrected chi connectivity index (χ2v) is 8.58. The minimum absolute atomic E-state index is 0.0884. The van der Waals surface area contributed by atoms with E-state index in [-0.39, 0.29) is 11.3 Å². The van der Waals surface area contributed by atoms with Crippen molar-refractivity contribution in [2.45, 2.75) is 77.3 Å². The quantitative estimate of drug-likeness (QED) is 0.596. The molecule has 2 fully saturated rings. The molecular weight excluding hydrogens is 352 g/mol. The topological polar surface area (TPSA) is 106 Å². The molecule has 0 aromatic rings. The van der Waals surface area contributed by atoms with E-state index in [9.17, 15) is 14.7 Å². The van der Waals surface area contributed by atoms with Crippen LogP contribution in [0.2, 0.25) is 0 Å². The Balaban J connectivity index is 2.17. The standard InChI is InChI=1S/C19H32N2O6/c1-18(2,3)9-7-12-13(22)14(27-19(4,5)26-12)15(25-6)17(24)21-11-8-10-20-16(11)23/h7,9,11-15,22H,8,10H2,1-6H3,(H,20,23)(H,21,24)/t11?,12-,13+,14-,15-/m1/s1. The van der Waals surface area contributed by atoms with Crippen LogP contribution >= 0.6 is 0 Å². The Labute approximate surface area is 160 Å². The molecule has 0 radical (unpaired) electrons. The van der Waals surface area contributed by atoms with Crippen molar-refractivity contribution in [1.82, 2.24) is 10.6 Å². The summed E-state index contributed by atoms with van der Waals surface area (Å²) < 4.78 is 17.0. The van der Waals surface area contributed by atoms with Crippen molar-refractivity contribution in [3.63, 3.8) is 0 Å².